The summed E-state index contributed by atoms with van der Waals surface area (Å²) in [6.45, 7) is 3.62. The van der Waals surface area contributed by atoms with Crippen molar-refractivity contribution in [3.8, 4) is 0 Å². The van der Waals surface area contributed by atoms with Crippen molar-refractivity contribution in [2.24, 2.45) is 5.41 Å². The summed E-state index contributed by atoms with van der Waals surface area (Å²) in [5, 5.41) is 5.35. The Morgan fingerprint density at radius 1 is 1.38 bits per heavy atom. The third-order valence-corrected chi connectivity index (χ3v) is 3.11. The van der Waals surface area contributed by atoms with E-state index in [0.29, 0.717) is 0 Å². The number of esters is 1. The Kier molecular flexibility index (Phi) is 5.12. The minimum atomic E-state index is -0.742. The molecule has 116 valence electrons. The molecular formula is C14H20FN3O3. The van der Waals surface area contributed by atoms with E-state index in [9.17, 15) is 14.0 Å². The highest BCUT2D eigenvalue weighted by atomic mass is 19.1. The van der Waals surface area contributed by atoms with Crippen molar-refractivity contribution in [3.63, 3.8) is 0 Å². The number of halogens is 1. The summed E-state index contributed by atoms with van der Waals surface area (Å²) in [6.07, 6.45) is 0. The second-order valence-electron chi connectivity index (χ2n) is 5.23. The maximum Gasteiger partial charge on any atom is 0.340 e. The van der Waals surface area contributed by atoms with Gasteiger partial charge in [0.2, 0.25) is 5.91 Å². The number of carbonyl (C=O) groups excluding carboxylic acids is 2. The Bertz CT molecular complexity index is 559. The number of hydrogen-bond acceptors (Lipinski definition) is 5. The Morgan fingerprint density at radius 2 is 2.00 bits per heavy atom. The minimum Gasteiger partial charge on any atom is -0.465 e. The average Bonchev–Trinajstić information content (AvgIpc) is 2.44. The molecule has 1 rings (SSSR count). The first-order chi connectivity index (χ1) is 9.72. The number of hydrogen-bond donors (Lipinski definition) is 3. The molecule has 0 aliphatic rings. The smallest absolute Gasteiger partial charge is 0.340 e. The van der Waals surface area contributed by atoms with E-state index >= 15 is 0 Å². The van der Waals surface area contributed by atoms with Gasteiger partial charge < -0.3 is 21.1 Å². The highest BCUT2D eigenvalue weighted by Gasteiger charge is 2.27. The summed E-state index contributed by atoms with van der Waals surface area (Å²) < 4.78 is 18.4. The van der Waals surface area contributed by atoms with E-state index in [-0.39, 0.29) is 29.4 Å². The lowest BCUT2D eigenvalue weighted by atomic mass is 9.92. The number of nitrogen functional groups attached to an aromatic ring is 1. The number of carbonyl (C=O) groups is 2. The van der Waals surface area contributed by atoms with E-state index < -0.39 is 17.2 Å². The highest BCUT2D eigenvalue weighted by Crippen LogP contribution is 2.24. The largest absolute Gasteiger partial charge is 0.465 e. The SMILES string of the molecule is CNC(=O)C(C)(C)CNc1cc(C(=O)OC)c(N)cc1F. The lowest BCUT2D eigenvalue weighted by molar-refractivity contribution is -0.128. The first kappa shape index (κ1) is 16.7. The van der Waals surface area contributed by atoms with Crippen LogP contribution in [0.4, 0.5) is 15.8 Å². The van der Waals surface area contributed by atoms with E-state index in [1.807, 2.05) is 0 Å². The molecule has 0 bridgehead atoms. The maximum absolute atomic E-state index is 13.9. The van der Waals surface area contributed by atoms with E-state index in [1.54, 1.807) is 13.8 Å². The van der Waals surface area contributed by atoms with Gasteiger partial charge in [-0.1, -0.05) is 0 Å². The molecule has 0 heterocycles. The summed E-state index contributed by atoms with van der Waals surface area (Å²) in [5.41, 5.74) is 4.99. The molecular weight excluding hydrogens is 277 g/mol. The van der Waals surface area contributed by atoms with Crippen LogP contribution in [0.25, 0.3) is 0 Å². The van der Waals surface area contributed by atoms with Crippen LogP contribution in [0, 0.1) is 11.2 Å². The van der Waals surface area contributed by atoms with Crippen molar-refractivity contribution >= 4 is 23.3 Å². The zero-order valence-corrected chi connectivity index (χ0v) is 12.5. The monoisotopic (exact) mass is 297 g/mol. The molecule has 0 aliphatic heterocycles. The Hall–Kier alpha value is -2.31. The van der Waals surface area contributed by atoms with Crippen molar-refractivity contribution in [3.05, 3.63) is 23.5 Å². The molecule has 6 nitrogen and oxygen atoms in total. The number of ether oxygens (including phenoxy) is 1. The first-order valence-corrected chi connectivity index (χ1v) is 6.36. The van der Waals surface area contributed by atoms with Crippen LogP contribution in [0.3, 0.4) is 0 Å². The van der Waals surface area contributed by atoms with Gasteiger partial charge in [0.05, 0.1) is 23.8 Å². The van der Waals surface area contributed by atoms with Crippen molar-refractivity contribution in [2.45, 2.75) is 13.8 Å². The fraction of sp³-hybridized carbons (Fsp3) is 0.429. The molecule has 1 aromatic carbocycles. The summed E-state index contributed by atoms with van der Waals surface area (Å²) in [5.74, 6) is -1.44. The van der Waals surface area contributed by atoms with Crippen LogP contribution in [0.2, 0.25) is 0 Å². The number of amides is 1. The fourth-order valence-electron chi connectivity index (χ4n) is 1.75. The lowest BCUT2D eigenvalue weighted by Crippen LogP contribution is -2.39. The normalized spacial score (nSPS) is 10.9. The topological polar surface area (TPSA) is 93.5 Å². The molecule has 0 fully saturated rings. The van der Waals surface area contributed by atoms with E-state index in [1.165, 1.54) is 20.2 Å². The molecule has 4 N–H and O–H groups in total. The molecule has 0 aliphatic carbocycles. The van der Waals surface area contributed by atoms with Crippen LogP contribution in [-0.2, 0) is 9.53 Å². The number of methoxy groups -OCH3 is 1. The summed E-state index contributed by atoms with van der Waals surface area (Å²) in [6, 6.07) is 2.32. The average molecular weight is 297 g/mol. The van der Waals surface area contributed by atoms with Gasteiger partial charge in [0.1, 0.15) is 5.82 Å². The second kappa shape index (κ2) is 6.43. The molecule has 0 unspecified atom stereocenters. The predicted molar refractivity (Wildman–Crippen MR) is 78.5 cm³/mol. The molecule has 21 heavy (non-hydrogen) atoms. The van der Waals surface area contributed by atoms with Gasteiger partial charge in [-0.2, -0.15) is 0 Å². The third kappa shape index (κ3) is 3.84. The van der Waals surface area contributed by atoms with Crippen molar-refractivity contribution < 1.29 is 18.7 Å². The Balaban J connectivity index is 2.99. The quantitative estimate of drug-likeness (QED) is 0.564. The standard InChI is InChI=1S/C14H20FN3O3/c1-14(2,13(20)17-3)7-18-11-5-8(12(19)21-4)10(16)6-9(11)15/h5-6,18H,7,16H2,1-4H3,(H,17,20). The van der Waals surface area contributed by atoms with Crippen molar-refractivity contribution in [1.29, 1.82) is 0 Å². The number of nitrogens with two attached hydrogens (primary N) is 1. The summed E-state index contributed by atoms with van der Waals surface area (Å²) >= 11 is 0. The summed E-state index contributed by atoms with van der Waals surface area (Å²) in [4.78, 5) is 23.2. The Labute approximate surface area is 122 Å². The maximum atomic E-state index is 13.9. The van der Waals surface area contributed by atoms with Gasteiger partial charge in [-0.15, -0.1) is 0 Å². The molecule has 0 spiro atoms. The number of anilines is 2. The number of rotatable bonds is 5. The van der Waals surface area contributed by atoms with Crippen molar-refractivity contribution in [2.75, 3.05) is 31.8 Å². The third-order valence-electron chi connectivity index (χ3n) is 3.11. The first-order valence-electron chi connectivity index (χ1n) is 6.36. The van der Waals surface area contributed by atoms with Gasteiger partial charge in [0, 0.05) is 19.3 Å². The van der Waals surface area contributed by atoms with Crippen LogP contribution in [0.15, 0.2) is 12.1 Å². The van der Waals surface area contributed by atoms with Gasteiger partial charge in [0.25, 0.3) is 0 Å². The van der Waals surface area contributed by atoms with Gasteiger partial charge in [-0.3, -0.25) is 4.79 Å². The van der Waals surface area contributed by atoms with Crippen LogP contribution in [-0.4, -0.2) is 32.6 Å². The van der Waals surface area contributed by atoms with Crippen LogP contribution >= 0.6 is 0 Å². The molecule has 0 atom stereocenters. The van der Waals surface area contributed by atoms with Crippen LogP contribution in [0.5, 0.6) is 0 Å². The van der Waals surface area contributed by atoms with Gasteiger partial charge >= 0.3 is 5.97 Å². The van der Waals surface area contributed by atoms with Crippen LogP contribution < -0.4 is 16.4 Å². The zero-order valence-electron chi connectivity index (χ0n) is 12.5. The lowest BCUT2D eigenvalue weighted by Gasteiger charge is -2.23. The van der Waals surface area contributed by atoms with E-state index in [0.717, 1.165) is 6.07 Å². The molecule has 1 aromatic rings. The molecule has 0 aromatic heterocycles. The second-order valence-corrected chi connectivity index (χ2v) is 5.23. The molecule has 0 saturated carbocycles. The van der Waals surface area contributed by atoms with Gasteiger partial charge in [-0.05, 0) is 26.0 Å². The van der Waals surface area contributed by atoms with E-state index in [4.69, 9.17) is 5.73 Å². The summed E-state index contributed by atoms with van der Waals surface area (Å²) in [7, 11) is 2.75. The number of nitrogens with one attached hydrogen (secondary N) is 2. The van der Waals surface area contributed by atoms with Gasteiger partial charge in [0.15, 0.2) is 0 Å². The van der Waals surface area contributed by atoms with Gasteiger partial charge in [-0.25, -0.2) is 9.18 Å². The Morgan fingerprint density at radius 3 is 2.52 bits per heavy atom. The minimum absolute atomic E-state index is 0.00420. The predicted octanol–water partition coefficient (Wildman–Crippen LogP) is 1.38. The molecule has 7 heteroatoms. The highest BCUT2D eigenvalue weighted by molar-refractivity contribution is 5.96. The molecule has 0 radical (unpaired) electrons. The number of benzene rings is 1. The fourth-order valence-corrected chi connectivity index (χ4v) is 1.75. The van der Waals surface area contributed by atoms with E-state index in [2.05, 4.69) is 15.4 Å². The van der Waals surface area contributed by atoms with Crippen molar-refractivity contribution in [1.82, 2.24) is 5.32 Å². The molecule has 1 amide bonds. The van der Waals surface area contributed by atoms with Crippen LogP contribution in [0.1, 0.15) is 24.2 Å². The zero-order chi connectivity index (χ0) is 16.2. The molecule has 0 saturated heterocycles.